The van der Waals surface area contributed by atoms with Crippen molar-refractivity contribution in [2.75, 3.05) is 40.3 Å². The molecule has 1 N–H and O–H groups in total. The van der Waals surface area contributed by atoms with Gasteiger partial charge in [-0.15, -0.1) is 0 Å². The van der Waals surface area contributed by atoms with Gasteiger partial charge in [-0.25, -0.2) is 0 Å². The molecule has 1 heterocycles. The van der Waals surface area contributed by atoms with Crippen LogP contribution in [0.5, 0.6) is 0 Å². The molecule has 1 saturated heterocycles. The Morgan fingerprint density at radius 1 is 1.44 bits per heavy atom. The third-order valence-electron chi connectivity index (χ3n) is 3.69. The van der Waals surface area contributed by atoms with Crippen molar-refractivity contribution in [3.63, 3.8) is 0 Å². The molecule has 1 aliphatic rings. The molecule has 0 aromatic heterocycles. The highest BCUT2D eigenvalue weighted by Gasteiger charge is 2.27. The average Bonchev–Trinajstić information content (AvgIpc) is 2.62. The molecular weight excluding hydrogens is 243 g/mol. The zero-order chi connectivity index (χ0) is 13.8. The van der Waals surface area contributed by atoms with Gasteiger partial charge in [-0.1, -0.05) is 0 Å². The average molecular weight is 267 g/mol. The Morgan fingerprint density at radius 3 is 2.61 bits per heavy atom. The summed E-state index contributed by atoms with van der Waals surface area (Å²) in [6.45, 7) is 3.46. The van der Waals surface area contributed by atoms with Crippen LogP contribution in [0.3, 0.4) is 0 Å². The lowest BCUT2D eigenvalue weighted by Crippen LogP contribution is -2.45. The van der Waals surface area contributed by atoms with Gasteiger partial charge >= 0.3 is 6.18 Å². The van der Waals surface area contributed by atoms with Crippen LogP contribution < -0.4 is 5.32 Å². The van der Waals surface area contributed by atoms with E-state index in [0.717, 1.165) is 13.1 Å². The molecule has 0 spiro atoms. The highest BCUT2D eigenvalue weighted by Crippen LogP contribution is 2.16. The fourth-order valence-electron chi connectivity index (χ4n) is 2.30. The van der Waals surface area contributed by atoms with Crippen LogP contribution in [0.4, 0.5) is 13.2 Å². The minimum absolute atomic E-state index is 0.112. The van der Waals surface area contributed by atoms with Crippen molar-refractivity contribution in [3.05, 3.63) is 0 Å². The van der Waals surface area contributed by atoms with Crippen molar-refractivity contribution in [2.24, 2.45) is 0 Å². The van der Waals surface area contributed by atoms with E-state index in [9.17, 15) is 13.2 Å². The smallest absolute Gasteiger partial charge is 0.307 e. The first-order valence-electron chi connectivity index (χ1n) is 6.47. The highest BCUT2D eigenvalue weighted by molar-refractivity contribution is 4.80. The second-order valence-electron chi connectivity index (χ2n) is 5.31. The molecule has 0 aromatic rings. The molecule has 6 heteroatoms. The van der Waals surface area contributed by atoms with Gasteiger partial charge < -0.3 is 15.1 Å². The number of likely N-dealkylation sites (N-methyl/N-ethyl adjacent to an activating group) is 2. The molecule has 0 amide bonds. The van der Waals surface area contributed by atoms with Crippen molar-refractivity contribution in [1.29, 1.82) is 0 Å². The molecule has 0 aromatic carbocycles. The topological polar surface area (TPSA) is 18.5 Å². The minimum atomic E-state index is -4.12. The summed E-state index contributed by atoms with van der Waals surface area (Å²) in [6, 6.07) is 0.654. The van der Waals surface area contributed by atoms with Gasteiger partial charge in [0.1, 0.15) is 0 Å². The fourth-order valence-corrected chi connectivity index (χ4v) is 2.30. The molecule has 1 aliphatic heterocycles. The van der Waals surface area contributed by atoms with E-state index in [-0.39, 0.29) is 6.04 Å². The number of hydrogen-bond donors (Lipinski definition) is 1. The third kappa shape index (κ3) is 5.54. The van der Waals surface area contributed by atoms with E-state index in [0.29, 0.717) is 12.6 Å². The van der Waals surface area contributed by atoms with Crippen LogP contribution in [0.2, 0.25) is 0 Å². The first-order chi connectivity index (χ1) is 8.29. The van der Waals surface area contributed by atoms with Crippen molar-refractivity contribution < 1.29 is 13.2 Å². The number of nitrogens with one attached hydrogen (secondary N) is 1. The number of halogens is 3. The number of nitrogens with zero attached hydrogens (tertiary/aromatic N) is 2. The van der Waals surface area contributed by atoms with Gasteiger partial charge in [-0.2, -0.15) is 13.2 Å². The zero-order valence-corrected chi connectivity index (χ0v) is 11.4. The number of likely N-dealkylation sites (tertiary alicyclic amines) is 1. The first-order valence-corrected chi connectivity index (χ1v) is 6.47. The third-order valence-corrected chi connectivity index (χ3v) is 3.69. The Balaban J connectivity index is 2.22. The SMILES string of the molecule is CC(CNCC(F)(F)F)N(C)CC1CCCN1C. The maximum Gasteiger partial charge on any atom is 0.401 e. The van der Waals surface area contributed by atoms with E-state index >= 15 is 0 Å². The van der Waals surface area contributed by atoms with Crippen LogP contribution in [-0.4, -0.2) is 68.3 Å². The van der Waals surface area contributed by atoms with E-state index in [1.807, 2.05) is 14.0 Å². The molecular formula is C12H24F3N3. The fraction of sp³-hybridized carbons (Fsp3) is 1.00. The molecule has 2 atom stereocenters. The normalized spacial score (nSPS) is 23.8. The second kappa shape index (κ2) is 6.73. The van der Waals surface area contributed by atoms with Gasteiger partial charge in [0.2, 0.25) is 0 Å². The molecule has 3 nitrogen and oxygen atoms in total. The highest BCUT2D eigenvalue weighted by atomic mass is 19.4. The number of alkyl halides is 3. The Labute approximate surface area is 107 Å². The molecule has 0 saturated carbocycles. The van der Waals surface area contributed by atoms with Crippen LogP contribution in [0.1, 0.15) is 19.8 Å². The van der Waals surface area contributed by atoms with Gasteiger partial charge in [-0.05, 0) is 40.4 Å². The lowest BCUT2D eigenvalue weighted by Gasteiger charge is -2.30. The first kappa shape index (κ1) is 15.7. The van der Waals surface area contributed by atoms with Crippen molar-refractivity contribution in [1.82, 2.24) is 15.1 Å². The molecule has 0 radical (unpaired) electrons. The quantitative estimate of drug-likeness (QED) is 0.788. The Kier molecular flexibility index (Phi) is 5.88. The Morgan fingerprint density at radius 2 is 2.11 bits per heavy atom. The molecule has 18 heavy (non-hydrogen) atoms. The van der Waals surface area contributed by atoms with Crippen LogP contribution in [0, 0.1) is 0 Å². The van der Waals surface area contributed by atoms with Crippen LogP contribution in [-0.2, 0) is 0 Å². The molecule has 1 fully saturated rings. The zero-order valence-electron chi connectivity index (χ0n) is 11.4. The van der Waals surface area contributed by atoms with E-state index in [1.54, 1.807) is 0 Å². The second-order valence-corrected chi connectivity index (χ2v) is 5.31. The summed E-state index contributed by atoms with van der Waals surface area (Å²) in [7, 11) is 4.09. The van der Waals surface area contributed by atoms with Gasteiger partial charge in [0.25, 0.3) is 0 Å². The van der Waals surface area contributed by atoms with Gasteiger partial charge in [0.05, 0.1) is 6.54 Å². The summed E-state index contributed by atoms with van der Waals surface area (Å²) in [4.78, 5) is 4.46. The molecule has 0 aliphatic carbocycles. The lowest BCUT2D eigenvalue weighted by atomic mass is 10.2. The summed E-state index contributed by atoms with van der Waals surface area (Å²) < 4.78 is 36.0. The van der Waals surface area contributed by atoms with Crippen LogP contribution in [0.15, 0.2) is 0 Å². The van der Waals surface area contributed by atoms with Gasteiger partial charge in [0.15, 0.2) is 0 Å². The molecule has 108 valence electrons. The molecule has 0 bridgehead atoms. The molecule has 1 rings (SSSR count). The molecule has 2 unspecified atom stereocenters. The van der Waals surface area contributed by atoms with Crippen LogP contribution in [0.25, 0.3) is 0 Å². The predicted octanol–water partition coefficient (Wildman–Crippen LogP) is 1.55. The van der Waals surface area contributed by atoms with E-state index in [4.69, 9.17) is 0 Å². The predicted molar refractivity (Wildman–Crippen MR) is 66.7 cm³/mol. The monoisotopic (exact) mass is 267 g/mol. The summed E-state index contributed by atoms with van der Waals surface area (Å²) in [5.41, 5.74) is 0. The maximum absolute atomic E-state index is 12.0. The largest absolute Gasteiger partial charge is 0.401 e. The maximum atomic E-state index is 12.0. The summed E-state index contributed by atoms with van der Waals surface area (Å²) in [5.74, 6) is 0. The van der Waals surface area contributed by atoms with Gasteiger partial charge in [0, 0.05) is 25.2 Å². The number of rotatable bonds is 6. The van der Waals surface area contributed by atoms with E-state index in [2.05, 4.69) is 22.2 Å². The summed E-state index contributed by atoms with van der Waals surface area (Å²) in [5, 5.41) is 2.46. The van der Waals surface area contributed by atoms with Crippen LogP contribution >= 0.6 is 0 Å². The Hall–Kier alpha value is -0.330. The van der Waals surface area contributed by atoms with Gasteiger partial charge in [-0.3, -0.25) is 0 Å². The van der Waals surface area contributed by atoms with Crippen molar-refractivity contribution in [3.8, 4) is 0 Å². The van der Waals surface area contributed by atoms with E-state index in [1.165, 1.54) is 12.8 Å². The minimum Gasteiger partial charge on any atom is -0.307 e. The van der Waals surface area contributed by atoms with Crippen molar-refractivity contribution in [2.45, 2.75) is 38.0 Å². The van der Waals surface area contributed by atoms with E-state index < -0.39 is 12.7 Å². The Bertz CT molecular complexity index is 245. The summed E-state index contributed by atoms with van der Waals surface area (Å²) in [6.07, 6.45) is -1.72. The summed E-state index contributed by atoms with van der Waals surface area (Å²) >= 11 is 0. The van der Waals surface area contributed by atoms with Crippen molar-refractivity contribution >= 4 is 0 Å². The number of hydrogen-bond acceptors (Lipinski definition) is 3. The lowest BCUT2D eigenvalue weighted by molar-refractivity contribution is -0.125. The standard InChI is InChI=1S/C12H24F3N3/c1-10(7-16-9-12(13,14)15)18(3)8-11-5-4-6-17(11)2/h10-11,16H,4-9H2,1-3H3.